The minimum Gasteiger partial charge on any atom is -0.473 e. The van der Waals surface area contributed by atoms with Crippen LogP contribution in [-0.4, -0.2) is 21.7 Å². The van der Waals surface area contributed by atoms with Gasteiger partial charge in [-0.3, -0.25) is 0 Å². The van der Waals surface area contributed by atoms with Gasteiger partial charge in [-0.05, 0) is 70.5 Å². The van der Waals surface area contributed by atoms with Crippen LogP contribution in [0.1, 0.15) is 24.0 Å². The van der Waals surface area contributed by atoms with Crippen molar-refractivity contribution >= 4 is 43.3 Å². The first kappa shape index (κ1) is 21.0. The van der Waals surface area contributed by atoms with Gasteiger partial charge in [-0.2, -0.15) is 0 Å². The van der Waals surface area contributed by atoms with E-state index < -0.39 is 0 Å². The van der Waals surface area contributed by atoms with Crippen LogP contribution in [0.3, 0.4) is 0 Å². The molecule has 0 aliphatic heterocycles. The Kier molecular flexibility index (Phi) is 8.69. The first-order chi connectivity index (χ1) is 12.4. The number of halogens is 1. The summed E-state index contributed by atoms with van der Waals surface area (Å²) >= 11 is 1.86. The van der Waals surface area contributed by atoms with Gasteiger partial charge in [0.25, 0.3) is 0 Å². The predicted octanol–water partition coefficient (Wildman–Crippen LogP) is 3.36. The van der Waals surface area contributed by atoms with Crippen molar-refractivity contribution in [2.24, 2.45) is 0 Å². The minimum absolute atomic E-state index is 0. The molecule has 1 aliphatic carbocycles. The Balaban J connectivity index is 0.000000261. The molecule has 0 fully saturated rings. The van der Waals surface area contributed by atoms with Gasteiger partial charge in [0, 0.05) is 0 Å². The van der Waals surface area contributed by atoms with E-state index >= 15 is 0 Å². The number of rotatable bonds is 0. The largest absolute Gasteiger partial charge is 0.473 e. The fraction of sp³-hybridized carbons (Fsp3) is 0.217. The Labute approximate surface area is 179 Å². The summed E-state index contributed by atoms with van der Waals surface area (Å²) in [5.74, 6) is 0. The Bertz CT molecular complexity index is 914. The summed E-state index contributed by atoms with van der Waals surface area (Å²) in [6.45, 7) is 0. The number of aryl methyl sites for hydroxylation is 2. The maximum Gasteiger partial charge on any atom is 0.0902 e. The molecule has 1 aliphatic rings. The Morgan fingerprint density at radius 2 is 1.38 bits per heavy atom. The van der Waals surface area contributed by atoms with Crippen molar-refractivity contribution in [3.05, 3.63) is 84.3 Å². The average Bonchev–Trinajstić information content (AvgIpc) is 3.29. The second-order valence-corrected chi connectivity index (χ2v) is 6.09. The van der Waals surface area contributed by atoms with Gasteiger partial charge in [-0.25, -0.2) is 0 Å². The summed E-state index contributed by atoms with van der Waals surface area (Å²) in [5, 5.41) is 7.67. The van der Waals surface area contributed by atoms with Gasteiger partial charge in [0.05, 0.1) is 12.5 Å². The van der Waals surface area contributed by atoms with Crippen molar-refractivity contribution in [2.45, 2.75) is 30.7 Å². The number of furan rings is 1. The van der Waals surface area contributed by atoms with E-state index in [1.165, 1.54) is 47.2 Å². The quantitative estimate of drug-likeness (QED) is 0.315. The third-order valence-electron chi connectivity index (χ3n) is 4.68. The Morgan fingerprint density at radius 1 is 0.692 bits per heavy atom. The van der Waals surface area contributed by atoms with Crippen LogP contribution in [0.4, 0.5) is 0 Å². The molecule has 1 aromatic heterocycles. The predicted molar refractivity (Wildman–Crippen MR) is 108 cm³/mol. The molecule has 26 heavy (non-hydrogen) atoms. The van der Waals surface area contributed by atoms with E-state index in [0.717, 1.165) is 0 Å². The van der Waals surface area contributed by atoms with Gasteiger partial charge in [0.1, 0.15) is 0 Å². The molecule has 3 heteroatoms. The van der Waals surface area contributed by atoms with E-state index in [0.29, 0.717) is 0 Å². The summed E-state index contributed by atoms with van der Waals surface area (Å²) < 4.78 is 4.58. The van der Waals surface area contributed by atoms with Gasteiger partial charge in [0.15, 0.2) is 0 Å². The van der Waals surface area contributed by atoms with Crippen molar-refractivity contribution in [3.8, 4) is 0 Å². The summed E-state index contributed by atoms with van der Waals surface area (Å²) in [5.41, 5.74) is 3.17. The summed E-state index contributed by atoms with van der Waals surface area (Å²) in [4.78, 5) is 0. The fourth-order valence-corrected chi connectivity index (χ4v) is 3.57. The van der Waals surface area contributed by atoms with E-state index in [2.05, 4.69) is 52.9 Å². The molecule has 0 amide bonds. The van der Waals surface area contributed by atoms with Crippen LogP contribution in [0.2, 0.25) is 5.05 Å². The van der Waals surface area contributed by atoms with Gasteiger partial charge in [-0.15, -0.1) is 0 Å². The third kappa shape index (κ3) is 4.70. The number of hydrogen-bond donors (Lipinski definition) is 0. The molecule has 3 aromatic carbocycles. The van der Waals surface area contributed by atoms with Crippen LogP contribution in [0, 0.1) is 0 Å². The second-order valence-electron chi connectivity index (χ2n) is 6.09. The first-order valence-corrected chi connectivity index (χ1v) is 10.4. The molecule has 0 saturated carbocycles. The summed E-state index contributed by atoms with van der Waals surface area (Å²) in [7, 11) is 0. The van der Waals surface area contributed by atoms with E-state index in [1.54, 1.807) is 23.7 Å². The van der Waals surface area contributed by atoms with Gasteiger partial charge in [0.2, 0.25) is 0 Å². The SMILES string of the molecule is [Br-].[CH3][Mg+].c1ccc2c(c1)ccc1c3c(ccc12)CCCC3.c1ccoc1. The fourth-order valence-electron chi connectivity index (χ4n) is 3.57. The third-order valence-corrected chi connectivity index (χ3v) is 4.68. The summed E-state index contributed by atoms with van der Waals surface area (Å²) in [6.07, 6.45) is 8.47. The van der Waals surface area contributed by atoms with Crippen LogP contribution in [0.15, 0.2) is 77.6 Å². The van der Waals surface area contributed by atoms with Crippen LogP contribution >= 0.6 is 0 Å². The molecular weight excluding hydrogens is 396 g/mol. The average molecular weight is 420 g/mol. The Morgan fingerprint density at radius 3 is 2.12 bits per heavy atom. The zero-order valence-electron chi connectivity index (χ0n) is 15.2. The van der Waals surface area contributed by atoms with Crippen molar-refractivity contribution in [3.63, 3.8) is 0 Å². The van der Waals surface area contributed by atoms with Crippen LogP contribution in [0.5, 0.6) is 0 Å². The first-order valence-electron chi connectivity index (χ1n) is 9.03. The monoisotopic (exact) mass is 418 g/mol. The number of hydrogen-bond acceptors (Lipinski definition) is 1. The Hall–Kier alpha value is -1.29. The maximum absolute atomic E-state index is 4.58. The van der Waals surface area contributed by atoms with E-state index in [4.69, 9.17) is 0 Å². The molecule has 4 aromatic rings. The number of benzene rings is 3. The standard InChI is InChI=1S/C18H16.C4H4O.CH3.BrH.Mg/c1-3-7-15-13(5-1)9-11-18-16-8-4-2-6-14(16)10-12-17(15)18;1-2-4-5-3-1;;;/h1,3,5,7,9-12H,2,4,6,8H2;1-4H;1H3;1H;/q;;;;+1/p-1. The molecule has 0 unspecified atom stereocenters. The van der Waals surface area contributed by atoms with Crippen molar-refractivity contribution in [1.82, 2.24) is 0 Å². The molecule has 130 valence electrons. The van der Waals surface area contributed by atoms with Crippen molar-refractivity contribution in [1.29, 1.82) is 0 Å². The van der Waals surface area contributed by atoms with Crippen molar-refractivity contribution < 1.29 is 21.4 Å². The molecule has 0 radical (unpaired) electrons. The second kappa shape index (κ2) is 10.8. The van der Waals surface area contributed by atoms with Crippen molar-refractivity contribution in [2.75, 3.05) is 0 Å². The molecule has 0 N–H and O–H groups in total. The molecule has 1 heterocycles. The molecular formula is C23H23BrMgO. The van der Waals surface area contributed by atoms with Crippen LogP contribution in [-0.2, 0) is 12.8 Å². The zero-order chi connectivity index (χ0) is 17.5. The minimum atomic E-state index is 0. The molecule has 5 rings (SSSR count). The molecule has 1 nitrogen and oxygen atoms in total. The van der Waals surface area contributed by atoms with Gasteiger partial charge in [-0.1, -0.05) is 48.5 Å². The van der Waals surface area contributed by atoms with E-state index in [1.807, 2.05) is 38.9 Å². The van der Waals surface area contributed by atoms with E-state index in [-0.39, 0.29) is 17.0 Å². The zero-order valence-corrected chi connectivity index (χ0v) is 18.3. The number of fused-ring (bicyclic) bond motifs is 5. The topological polar surface area (TPSA) is 13.1 Å². The van der Waals surface area contributed by atoms with E-state index in [9.17, 15) is 0 Å². The van der Waals surface area contributed by atoms with Crippen LogP contribution in [0.25, 0.3) is 21.5 Å². The normalized spacial score (nSPS) is 12.1. The van der Waals surface area contributed by atoms with Crippen LogP contribution < -0.4 is 17.0 Å². The van der Waals surface area contributed by atoms with Gasteiger partial charge >= 0.3 is 26.8 Å². The summed E-state index contributed by atoms with van der Waals surface area (Å²) in [6, 6.07) is 21.6. The smallest absolute Gasteiger partial charge is 0.0902 e. The molecule has 0 saturated heterocycles. The van der Waals surface area contributed by atoms with Gasteiger partial charge < -0.3 is 21.4 Å². The maximum atomic E-state index is 4.58. The molecule has 0 atom stereocenters. The molecule has 0 bridgehead atoms. The molecule has 0 spiro atoms.